The Morgan fingerprint density at radius 2 is 2.03 bits per heavy atom. The van der Waals surface area contributed by atoms with Gasteiger partial charge in [-0.15, -0.1) is 5.10 Å². The van der Waals surface area contributed by atoms with Gasteiger partial charge in [0, 0.05) is 36.4 Å². The zero-order valence-electron chi connectivity index (χ0n) is 16.7. The molecule has 0 aliphatic rings. The summed E-state index contributed by atoms with van der Waals surface area (Å²) in [6, 6.07) is 10.3. The van der Waals surface area contributed by atoms with Crippen molar-refractivity contribution in [2.24, 2.45) is 7.05 Å². The maximum atomic E-state index is 13.6. The van der Waals surface area contributed by atoms with E-state index in [1.54, 1.807) is 10.7 Å². The van der Waals surface area contributed by atoms with Crippen LogP contribution in [-0.2, 0) is 13.5 Å². The Balaban J connectivity index is 1.78. The molecule has 2 aromatic carbocycles. The molecule has 0 spiro atoms. The van der Waals surface area contributed by atoms with Crippen LogP contribution in [-0.4, -0.2) is 20.0 Å². The van der Waals surface area contributed by atoms with Crippen LogP contribution in [0.1, 0.15) is 29.7 Å². The maximum Gasteiger partial charge on any atom is 0.141 e. The van der Waals surface area contributed by atoms with Gasteiger partial charge in [0.1, 0.15) is 11.9 Å². The van der Waals surface area contributed by atoms with Crippen LogP contribution < -0.4 is 5.32 Å². The van der Waals surface area contributed by atoms with Crippen LogP contribution in [0.4, 0.5) is 15.8 Å². The average Bonchev–Trinajstić information content (AvgIpc) is 3.18. The Hall–Kier alpha value is -3.21. The van der Waals surface area contributed by atoms with Gasteiger partial charge in [-0.2, -0.15) is 5.26 Å². The molecular formula is C22H17Cl2FN6. The summed E-state index contributed by atoms with van der Waals surface area (Å²) in [5, 5.41) is 22.1. The SMILES string of the molecule is CC(Cc1cc(Cl)c2ncc(C#N)c(Nc3ccc(F)c(Cl)c3)c2c1)c1cn(C)nn1. The molecule has 0 radical (unpaired) electrons. The Labute approximate surface area is 188 Å². The molecule has 0 saturated heterocycles. The molecule has 0 aliphatic heterocycles. The van der Waals surface area contributed by atoms with Crippen molar-refractivity contribution in [3.8, 4) is 6.07 Å². The number of aryl methyl sites for hydroxylation is 1. The molecule has 2 heterocycles. The van der Waals surface area contributed by atoms with Crippen LogP contribution in [0.2, 0.25) is 10.0 Å². The summed E-state index contributed by atoms with van der Waals surface area (Å²) in [5.74, 6) is -0.405. The van der Waals surface area contributed by atoms with E-state index in [1.807, 2.05) is 25.4 Å². The fraction of sp³-hybridized carbons (Fsp3) is 0.182. The van der Waals surface area contributed by atoms with E-state index in [-0.39, 0.29) is 10.9 Å². The highest BCUT2D eigenvalue weighted by Gasteiger charge is 2.16. The standard InChI is InChI=1S/C22H17Cl2FN6/c1-12(20-11-31(2)30-29-20)5-13-6-16-21(28-15-3-4-19(25)17(23)8-15)14(9-26)10-27-22(16)18(24)7-13/h3-4,6-8,10-12H,5H2,1-2H3,(H,27,28). The van der Waals surface area contributed by atoms with Crippen LogP contribution in [0.5, 0.6) is 0 Å². The summed E-state index contributed by atoms with van der Waals surface area (Å²) in [6.45, 7) is 2.06. The van der Waals surface area contributed by atoms with Gasteiger partial charge in [-0.25, -0.2) is 4.39 Å². The predicted octanol–water partition coefficient (Wildman–Crippen LogP) is 5.77. The molecule has 0 saturated carbocycles. The minimum atomic E-state index is -0.518. The Bertz CT molecular complexity index is 1330. The molecule has 0 fully saturated rings. The lowest BCUT2D eigenvalue weighted by Gasteiger charge is -2.15. The summed E-state index contributed by atoms with van der Waals surface area (Å²) in [5.41, 5.74) is 3.82. The van der Waals surface area contributed by atoms with Crippen molar-refractivity contribution in [2.75, 3.05) is 5.32 Å². The number of nitrogens with one attached hydrogen (secondary N) is 1. The van der Waals surface area contributed by atoms with Crippen LogP contribution in [0.15, 0.2) is 42.7 Å². The number of hydrogen-bond acceptors (Lipinski definition) is 5. The third-order valence-electron chi connectivity index (χ3n) is 4.96. The van der Waals surface area contributed by atoms with Gasteiger partial charge in [0.05, 0.1) is 32.5 Å². The van der Waals surface area contributed by atoms with Crippen molar-refractivity contribution in [1.82, 2.24) is 20.0 Å². The zero-order valence-corrected chi connectivity index (χ0v) is 18.2. The molecule has 1 N–H and O–H groups in total. The molecule has 156 valence electrons. The van der Waals surface area contributed by atoms with E-state index in [1.165, 1.54) is 18.3 Å². The first-order valence-electron chi connectivity index (χ1n) is 9.45. The van der Waals surface area contributed by atoms with Crippen molar-refractivity contribution in [3.05, 3.63) is 75.4 Å². The molecule has 0 bridgehead atoms. The number of anilines is 2. The molecule has 4 aromatic rings. The molecule has 9 heteroatoms. The fourth-order valence-electron chi connectivity index (χ4n) is 3.42. The lowest BCUT2D eigenvalue weighted by atomic mass is 9.96. The predicted molar refractivity (Wildman–Crippen MR) is 119 cm³/mol. The summed E-state index contributed by atoms with van der Waals surface area (Å²) in [6.07, 6.45) is 4.02. The van der Waals surface area contributed by atoms with Crippen molar-refractivity contribution in [3.63, 3.8) is 0 Å². The quantitative estimate of drug-likeness (QED) is 0.413. The van der Waals surface area contributed by atoms with E-state index >= 15 is 0 Å². The van der Waals surface area contributed by atoms with Gasteiger partial charge in [0.15, 0.2) is 0 Å². The lowest BCUT2D eigenvalue weighted by molar-refractivity contribution is 0.628. The van der Waals surface area contributed by atoms with Crippen molar-refractivity contribution in [1.29, 1.82) is 5.26 Å². The van der Waals surface area contributed by atoms with Crippen LogP contribution >= 0.6 is 23.2 Å². The van der Waals surface area contributed by atoms with Gasteiger partial charge < -0.3 is 5.32 Å². The molecular weight excluding hydrogens is 438 g/mol. The van der Waals surface area contributed by atoms with E-state index < -0.39 is 5.82 Å². The molecule has 4 rings (SSSR count). The number of nitriles is 1. The van der Waals surface area contributed by atoms with Gasteiger partial charge in [0.25, 0.3) is 0 Å². The fourth-order valence-corrected chi connectivity index (χ4v) is 3.89. The third kappa shape index (κ3) is 4.31. The molecule has 2 aromatic heterocycles. The highest BCUT2D eigenvalue weighted by atomic mass is 35.5. The average molecular weight is 455 g/mol. The van der Waals surface area contributed by atoms with E-state index in [2.05, 4.69) is 33.6 Å². The minimum Gasteiger partial charge on any atom is -0.354 e. The highest BCUT2D eigenvalue weighted by Crippen LogP contribution is 2.35. The Kier molecular flexibility index (Phi) is 5.77. The summed E-state index contributed by atoms with van der Waals surface area (Å²) < 4.78 is 15.2. The molecule has 6 nitrogen and oxygen atoms in total. The zero-order chi connectivity index (χ0) is 22.1. The maximum absolute atomic E-state index is 13.6. The van der Waals surface area contributed by atoms with Crippen molar-refractivity contribution < 1.29 is 4.39 Å². The van der Waals surface area contributed by atoms with Crippen molar-refractivity contribution >= 4 is 45.5 Å². The first kappa shape index (κ1) is 21.0. The van der Waals surface area contributed by atoms with Gasteiger partial charge >= 0.3 is 0 Å². The van der Waals surface area contributed by atoms with Gasteiger partial charge in [-0.1, -0.05) is 35.3 Å². The monoisotopic (exact) mass is 454 g/mol. The normalized spacial score (nSPS) is 12.0. The summed E-state index contributed by atoms with van der Waals surface area (Å²) in [4.78, 5) is 4.36. The van der Waals surface area contributed by atoms with Crippen LogP contribution in [0.3, 0.4) is 0 Å². The first-order chi connectivity index (χ1) is 14.9. The van der Waals surface area contributed by atoms with Gasteiger partial charge in [0.2, 0.25) is 0 Å². The topological polar surface area (TPSA) is 79.4 Å². The molecule has 0 aliphatic carbocycles. The smallest absolute Gasteiger partial charge is 0.141 e. The number of benzene rings is 2. The van der Waals surface area contributed by atoms with Gasteiger partial charge in [-0.05, 0) is 42.3 Å². The van der Waals surface area contributed by atoms with E-state index in [4.69, 9.17) is 23.2 Å². The van der Waals surface area contributed by atoms with Crippen molar-refractivity contribution in [2.45, 2.75) is 19.3 Å². The second-order valence-electron chi connectivity index (χ2n) is 7.31. The Morgan fingerprint density at radius 3 is 2.71 bits per heavy atom. The number of rotatable bonds is 5. The number of nitrogens with zero attached hydrogens (tertiary/aromatic N) is 5. The third-order valence-corrected chi connectivity index (χ3v) is 5.54. The van der Waals surface area contributed by atoms with E-state index in [0.717, 1.165) is 11.3 Å². The first-order valence-corrected chi connectivity index (χ1v) is 10.2. The van der Waals surface area contributed by atoms with Gasteiger partial charge in [-0.3, -0.25) is 9.67 Å². The number of halogens is 3. The molecule has 31 heavy (non-hydrogen) atoms. The van der Waals surface area contributed by atoms with Crippen LogP contribution in [0.25, 0.3) is 10.9 Å². The van der Waals surface area contributed by atoms with E-state index in [9.17, 15) is 9.65 Å². The number of aromatic nitrogens is 4. The second kappa shape index (κ2) is 8.50. The summed E-state index contributed by atoms with van der Waals surface area (Å²) >= 11 is 12.4. The molecule has 0 amide bonds. The number of pyridine rings is 1. The minimum absolute atomic E-state index is 0.0154. The second-order valence-corrected chi connectivity index (χ2v) is 8.12. The molecule has 1 unspecified atom stereocenters. The van der Waals surface area contributed by atoms with E-state index in [0.29, 0.717) is 39.3 Å². The number of fused-ring (bicyclic) bond motifs is 1. The Morgan fingerprint density at radius 1 is 1.23 bits per heavy atom. The molecule has 1 atom stereocenters. The highest BCUT2D eigenvalue weighted by molar-refractivity contribution is 6.35. The largest absolute Gasteiger partial charge is 0.354 e. The lowest BCUT2D eigenvalue weighted by Crippen LogP contribution is -2.01. The summed E-state index contributed by atoms with van der Waals surface area (Å²) in [7, 11) is 1.82. The number of hydrogen-bond donors (Lipinski definition) is 1. The van der Waals surface area contributed by atoms with Crippen LogP contribution in [0, 0.1) is 17.1 Å².